The fourth-order valence-corrected chi connectivity index (χ4v) is 2.43. The molecule has 0 spiro atoms. The molecule has 8 nitrogen and oxygen atoms in total. The monoisotopic (exact) mass is 304 g/mol. The Morgan fingerprint density at radius 1 is 1.27 bits per heavy atom. The number of nitro groups is 1. The minimum atomic E-state index is -0.451. The van der Waals surface area contributed by atoms with Crippen molar-refractivity contribution in [3.05, 3.63) is 40.3 Å². The number of nitro benzene ring substituents is 1. The molecule has 8 heteroatoms. The third-order valence-electron chi connectivity index (χ3n) is 3.71. The van der Waals surface area contributed by atoms with E-state index in [9.17, 15) is 15.2 Å². The normalized spacial score (nSPS) is 16.8. The van der Waals surface area contributed by atoms with Crippen molar-refractivity contribution in [3.8, 4) is 11.5 Å². The van der Waals surface area contributed by atoms with Crippen LogP contribution in [0.4, 0.5) is 5.69 Å². The van der Waals surface area contributed by atoms with E-state index >= 15 is 0 Å². The van der Waals surface area contributed by atoms with Gasteiger partial charge >= 0.3 is 0 Å². The van der Waals surface area contributed by atoms with Crippen LogP contribution in [0.25, 0.3) is 11.5 Å². The van der Waals surface area contributed by atoms with Crippen molar-refractivity contribution < 1.29 is 14.4 Å². The molecule has 0 unspecified atom stereocenters. The second-order valence-electron chi connectivity index (χ2n) is 5.31. The topological polar surface area (TPSA) is 106 Å². The van der Waals surface area contributed by atoms with Crippen LogP contribution in [0.5, 0.6) is 0 Å². The molecule has 1 aromatic carbocycles. The maximum absolute atomic E-state index is 10.6. The molecular weight excluding hydrogens is 288 g/mol. The van der Waals surface area contributed by atoms with Gasteiger partial charge in [0.05, 0.1) is 17.6 Å². The molecule has 2 aromatic rings. The molecular formula is C14H16N4O4. The summed E-state index contributed by atoms with van der Waals surface area (Å²) in [4.78, 5) is 12.3. The molecule has 0 amide bonds. The number of hydrogen-bond donors (Lipinski definition) is 1. The number of non-ortho nitro benzene ring substituents is 1. The van der Waals surface area contributed by atoms with Crippen LogP contribution in [0.1, 0.15) is 18.7 Å². The van der Waals surface area contributed by atoms with Crippen LogP contribution in [-0.2, 0) is 6.54 Å². The Hall–Kier alpha value is -2.32. The van der Waals surface area contributed by atoms with E-state index in [-0.39, 0.29) is 11.8 Å². The van der Waals surface area contributed by atoms with Crippen LogP contribution in [0, 0.1) is 10.1 Å². The van der Waals surface area contributed by atoms with Crippen molar-refractivity contribution in [3.63, 3.8) is 0 Å². The predicted molar refractivity (Wildman–Crippen MR) is 76.9 cm³/mol. The minimum absolute atomic E-state index is 0.0235. The number of hydrogen-bond acceptors (Lipinski definition) is 7. The third-order valence-corrected chi connectivity index (χ3v) is 3.71. The highest BCUT2D eigenvalue weighted by atomic mass is 16.6. The van der Waals surface area contributed by atoms with Crippen LogP contribution in [-0.4, -0.2) is 44.3 Å². The summed E-state index contributed by atoms with van der Waals surface area (Å²) in [6.45, 7) is 2.15. The lowest BCUT2D eigenvalue weighted by atomic mass is 10.1. The average Bonchev–Trinajstić information content (AvgIpc) is 2.98. The molecule has 116 valence electrons. The SMILES string of the molecule is O=[N+]([O-])c1ccc(-c2nnc(CN3CCC(O)CC3)o2)cc1. The van der Waals surface area contributed by atoms with Crippen LogP contribution in [0.3, 0.4) is 0 Å². The van der Waals surface area contributed by atoms with Crippen LogP contribution in [0.2, 0.25) is 0 Å². The maximum atomic E-state index is 10.6. The van der Waals surface area contributed by atoms with Gasteiger partial charge in [-0.05, 0) is 25.0 Å². The molecule has 0 radical (unpaired) electrons. The number of benzene rings is 1. The molecule has 1 saturated heterocycles. The molecule has 0 bridgehead atoms. The van der Waals surface area contributed by atoms with E-state index in [0.29, 0.717) is 23.9 Å². The summed E-state index contributed by atoms with van der Waals surface area (Å²) in [6.07, 6.45) is 1.29. The van der Waals surface area contributed by atoms with Gasteiger partial charge in [0.2, 0.25) is 11.8 Å². The first kappa shape index (κ1) is 14.6. The van der Waals surface area contributed by atoms with Gasteiger partial charge in [-0.3, -0.25) is 15.0 Å². The summed E-state index contributed by atoms with van der Waals surface area (Å²) in [5.74, 6) is 0.853. The lowest BCUT2D eigenvalue weighted by Gasteiger charge is -2.27. The van der Waals surface area contributed by atoms with Crippen molar-refractivity contribution in [2.24, 2.45) is 0 Å². The molecule has 2 heterocycles. The van der Waals surface area contributed by atoms with E-state index in [1.807, 2.05) is 0 Å². The van der Waals surface area contributed by atoms with Crippen molar-refractivity contribution in [2.75, 3.05) is 13.1 Å². The van der Waals surface area contributed by atoms with Crippen LogP contribution in [0.15, 0.2) is 28.7 Å². The van der Waals surface area contributed by atoms with Crippen molar-refractivity contribution in [1.29, 1.82) is 0 Å². The van der Waals surface area contributed by atoms with Gasteiger partial charge in [0.1, 0.15) is 0 Å². The van der Waals surface area contributed by atoms with Gasteiger partial charge in [-0.1, -0.05) is 0 Å². The number of aromatic nitrogens is 2. The van der Waals surface area contributed by atoms with Gasteiger partial charge in [0.25, 0.3) is 5.69 Å². The Labute approximate surface area is 126 Å². The Morgan fingerprint density at radius 3 is 2.59 bits per heavy atom. The van der Waals surface area contributed by atoms with E-state index in [1.165, 1.54) is 12.1 Å². The number of likely N-dealkylation sites (tertiary alicyclic amines) is 1. The smallest absolute Gasteiger partial charge is 0.269 e. The molecule has 1 aliphatic heterocycles. The summed E-state index contributed by atoms with van der Waals surface area (Å²) < 4.78 is 5.60. The van der Waals surface area contributed by atoms with E-state index in [1.54, 1.807) is 12.1 Å². The highest BCUT2D eigenvalue weighted by Gasteiger charge is 2.19. The van der Waals surface area contributed by atoms with Crippen LogP contribution >= 0.6 is 0 Å². The van der Waals surface area contributed by atoms with Gasteiger partial charge in [0, 0.05) is 30.8 Å². The van der Waals surface area contributed by atoms with Gasteiger partial charge in [0.15, 0.2) is 0 Å². The first-order valence-corrected chi connectivity index (χ1v) is 7.09. The van der Waals surface area contributed by atoms with E-state index in [0.717, 1.165) is 25.9 Å². The predicted octanol–water partition coefficient (Wildman–Crippen LogP) is 1.60. The average molecular weight is 304 g/mol. The molecule has 1 fully saturated rings. The zero-order valence-corrected chi connectivity index (χ0v) is 11.9. The Kier molecular flexibility index (Phi) is 4.12. The zero-order chi connectivity index (χ0) is 15.5. The van der Waals surface area contributed by atoms with E-state index < -0.39 is 4.92 Å². The van der Waals surface area contributed by atoms with Gasteiger partial charge in [-0.15, -0.1) is 10.2 Å². The number of piperidine rings is 1. The molecule has 0 atom stereocenters. The molecule has 1 N–H and O–H groups in total. The van der Waals surface area contributed by atoms with E-state index in [4.69, 9.17) is 4.42 Å². The van der Waals surface area contributed by atoms with Crippen molar-refractivity contribution in [1.82, 2.24) is 15.1 Å². The molecule has 0 aliphatic carbocycles. The number of aliphatic hydroxyl groups is 1. The summed E-state index contributed by atoms with van der Waals surface area (Å²) in [7, 11) is 0. The van der Waals surface area contributed by atoms with Crippen LogP contribution < -0.4 is 0 Å². The lowest BCUT2D eigenvalue weighted by Crippen LogP contribution is -2.35. The zero-order valence-electron chi connectivity index (χ0n) is 11.9. The molecule has 1 aromatic heterocycles. The summed E-state index contributed by atoms with van der Waals surface area (Å²) in [5, 5.41) is 28.1. The molecule has 0 saturated carbocycles. The van der Waals surface area contributed by atoms with E-state index in [2.05, 4.69) is 15.1 Å². The Morgan fingerprint density at radius 2 is 1.95 bits per heavy atom. The summed E-state index contributed by atoms with van der Waals surface area (Å²) in [5.41, 5.74) is 0.675. The Balaban J connectivity index is 1.66. The second-order valence-corrected chi connectivity index (χ2v) is 5.31. The van der Waals surface area contributed by atoms with Gasteiger partial charge in [-0.2, -0.15) is 0 Å². The third kappa shape index (κ3) is 3.29. The first-order chi connectivity index (χ1) is 10.6. The lowest BCUT2D eigenvalue weighted by molar-refractivity contribution is -0.384. The summed E-state index contributed by atoms with van der Waals surface area (Å²) in [6, 6.07) is 6.00. The molecule has 3 rings (SSSR count). The Bertz CT molecular complexity index is 647. The number of nitrogens with zero attached hydrogens (tertiary/aromatic N) is 4. The van der Waals surface area contributed by atoms with Gasteiger partial charge in [-0.25, -0.2) is 0 Å². The number of aliphatic hydroxyl groups excluding tert-OH is 1. The quantitative estimate of drug-likeness (QED) is 0.675. The minimum Gasteiger partial charge on any atom is -0.419 e. The molecule has 22 heavy (non-hydrogen) atoms. The van der Waals surface area contributed by atoms with Gasteiger partial charge < -0.3 is 9.52 Å². The standard InChI is InChI=1S/C14H16N4O4/c19-12-5-7-17(8-6-12)9-13-15-16-14(22-13)10-1-3-11(4-2-10)18(20)21/h1-4,12,19H,5-9H2. The highest BCUT2D eigenvalue weighted by Crippen LogP contribution is 2.22. The maximum Gasteiger partial charge on any atom is 0.269 e. The number of rotatable bonds is 4. The van der Waals surface area contributed by atoms with Crippen molar-refractivity contribution >= 4 is 5.69 Å². The molecule has 1 aliphatic rings. The largest absolute Gasteiger partial charge is 0.419 e. The highest BCUT2D eigenvalue weighted by molar-refractivity contribution is 5.55. The first-order valence-electron chi connectivity index (χ1n) is 7.09. The fraction of sp³-hybridized carbons (Fsp3) is 0.429. The second kappa shape index (κ2) is 6.20. The fourth-order valence-electron chi connectivity index (χ4n) is 2.43. The van der Waals surface area contributed by atoms with Crippen molar-refractivity contribution in [2.45, 2.75) is 25.5 Å². The summed E-state index contributed by atoms with van der Waals surface area (Å²) >= 11 is 0.